The molecule has 0 unspecified atom stereocenters. The molecule has 1 aliphatic rings. The topological polar surface area (TPSA) is 94.0 Å². The number of aromatic nitrogens is 1. The first-order chi connectivity index (χ1) is 13.8. The lowest BCUT2D eigenvalue weighted by Crippen LogP contribution is -2.44. The minimum Gasteiger partial charge on any atom is -0.478 e. The van der Waals surface area contributed by atoms with Crippen LogP contribution in [0.25, 0.3) is 11.1 Å². The molecule has 0 amide bonds. The van der Waals surface area contributed by atoms with E-state index in [0.29, 0.717) is 18.1 Å². The van der Waals surface area contributed by atoms with Gasteiger partial charge in [-0.05, 0) is 53.1 Å². The summed E-state index contributed by atoms with van der Waals surface area (Å²) < 4.78 is 0. The molecule has 0 radical (unpaired) electrons. The molecule has 1 saturated heterocycles. The number of thiophene rings is 1. The fraction of sp³-hybridized carbons (Fsp3) is 0.381. The van der Waals surface area contributed by atoms with Gasteiger partial charge in [-0.2, -0.15) is 11.3 Å². The molecule has 0 atom stereocenters. The molecule has 8 heteroatoms. The van der Waals surface area contributed by atoms with Crippen LogP contribution in [-0.2, 0) is 9.59 Å². The van der Waals surface area contributed by atoms with E-state index in [-0.39, 0.29) is 0 Å². The first-order valence-corrected chi connectivity index (χ1v) is 10.3. The zero-order valence-corrected chi connectivity index (χ0v) is 17.7. The highest BCUT2D eigenvalue weighted by Crippen LogP contribution is 2.29. The van der Waals surface area contributed by atoms with Crippen LogP contribution in [0.2, 0.25) is 0 Å². The SMILES string of the molecule is CC(C)c1cc(-c2ccsc2)cc(N2CCN(C)CC2)n1.O=C(O)/C=C/C(=O)O. The molecule has 7 nitrogen and oxygen atoms in total. The molecule has 2 aromatic rings. The Labute approximate surface area is 174 Å². The standard InChI is InChI=1S/C17H23N3S.C4H4O4/c1-13(2)16-10-15(14-4-9-21-12-14)11-17(18-16)20-7-5-19(3)6-8-20;5-3(6)1-2-4(7)8/h4,9-13H,5-8H2,1-3H3;1-2H,(H,5,6)(H,7,8)/b;2-1+. The lowest BCUT2D eigenvalue weighted by molar-refractivity contribution is -0.134. The van der Waals surface area contributed by atoms with Crippen LogP contribution >= 0.6 is 11.3 Å². The van der Waals surface area contributed by atoms with Crippen molar-refractivity contribution in [3.63, 3.8) is 0 Å². The third-order valence-corrected chi connectivity index (χ3v) is 5.16. The number of piperazine rings is 1. The van der Waals surface area contributed by atoms with Crippen LogP contribution in [0, 0.1) is 0 Å². The van der Waals surface area contributed by atoms with E-state index in [0.717, 1.165) is 32.0 Å². The number of rotatable bonds is 5. The second-order valence-electron chi connectivity index (χ2n) is 7.11. The number of carbonyl (C=O) groups is 2. The zero-order chi connectivity index (χ0) is 21.4. The van der Waals surface area contributed by atoms with E-state index in [2.05, 4.69) is 59.7 Å². The summed E-state index contributed by atoms with van der Waals surface area (Å²) in [6.07, 6.45) is 1.12. The van der Waals surface area contributed by atoms with Crippen LogP contribution in [0.15, 0.2) is 41.1 Å². The molecule has 29 heavy (non-hydrogen) atoms. The highest BCUT2D eigenvalue weighted by Gasteiger charge is 2.17. The highest BCUT2D eigenvalue weighted by atomic mass is 32.1. The quantitative estimate of drug-likeness (QED) is 0.720. The lowest BCUT2D eigenvalue weighted by Gasteiger charge is -2.33. The molecular weight excluding hydrogens is 390 g/mol. The summed E-state index contributed by atoms with van der Waals surface area (Å²) in [4.78, 5) is 28.8. The maximum Gasteiger partial charge on any atom is 0.328 e. The average molecular weight is 418 g/mol. The van der Waals surface area contributed by atoms with Gasteiger partial charge in [-0.3, -0.25) is 0 Å². The Balaban J connectivity index is 0.000000321. The van der Waals surface area contributed by atoms with Gasteiger partial charge in [0.15, 0.2) is 0 Å². The number of hydrogen-bond acceptors (Lipinski definition) is 6. The Kier molecular flexibility index (Phi) is 8.35. The molecule has 3 heterocycles. The Morgan fingerprint density at radius 2 is 1.69 bits per heavy atom. The van der Waals surface area contributed by atoms with Crippen molar-refractivity contribution >= 4 is 29.1 Å². The first-order valence-electron chi connectivity index (χ1n) is 9.38. The van der Waals surface area contributed by atoms with Crippen LogP contribution in [-0.4, -0.2) is 65.3 Å². The van der Waals surface area contributed by atoms with Gasteiger partial charge in [-0.25, -0.2) is 14.6 Å². The van der Waals surface area contributed by atoms with E-state index in [9.17, 15) is 9.59 Å². The summed E-state index contributed by atoms with van der Waals surface area (Å²) >= 11 is 1.75. The van der Waals surface area contributed by atoms with Crippen LogP contribution in [0.3, 0.4) is 0 Å². The summed E-state index contributed by atoms with van der Waals surface area (Å²) in [7, 11) is 2.19. The monoisotopic (exact) mass is 417 g/mol. The largest absolute Gasteiger partial charge is 0.478 e. The lowest BCUT2D eigenvalue weighted by atomic mass is 10.0. The van der Waals surface area contributed by atoms with E-state index in [1.54, 1.807) is 11.3 Å². The third-order valence-electron chi connectivity index (χ3n) is 4.47. The Morgan fingerprint density at radius 1 is 1.07 bits per heavy atom. The summed E-state index contributed by atoms with van der Waals surface area (Å²) in [6, 6.07) is 6.68. The van der Waals surface area contributed by atoms with Crippen LogP contribution in [0.5, 0.6) is 0 Å². The van der Waals surface area contributed by atoms with Crippen LogP contribution < -0.4 is 4.90 Å². The van der Waals surface area contributed by atoms with Gasteiger partial charge in [0, 0.05) is 44.0 Å². The first kappa shape index (κ1) is 22.6. The van der Waals surface area contributed by atoms with Crippen molar-refractivity contribution in [3.8, 4) is 11.1 Å². The Hall–Kier alpha value is -2.71. The summed E-state index contributed by atoms with van der Waals surface area (Å²) in [5.41, 5.74) is 3.79. The van der Waals surface area contributed by atoms with E-state index in [1.165, 1.54) is 16.8 Å². The molecular formula is C21H27N3O4S. The molecule has 156 valence electrons. The number of hydrogen-bond donors (Lipinski definition) is 2. The predicted octanol–water partition coefficient (Wildman–Crippen LogP) is 3.40. The molecule has 1 aliphatic heterocycles. The molecule has 2 N–H and O–H groups in total. The van der Waals surface area contributed by atoms with Crippen molar-refractivity contribution < 1.29 is 19.8 Å². The normalized spacial score (nSPS) is 14.7. The number of pyridine rings is 1. The number of nitrogens with zero attached hydrogens (tertiary/aromatic N) is 3. The highest BCUT2D eigenvalue weighted by molar-refractivity contribution is 7.08. The molecule has 2 aromatic heterocycles. The third kappa shape index (κ3) is 7.32. The predicted molar refractivity (Wildman–Crippen MR) is 116 cm³/mol. The number of likely N-dealkylation sites (N-methyl/N-ethyl adjacent to an activating group) is 1. The van der Waals surface area contributed by atoms with E-state index in [1.807, 2.05) is 0 Å². The molecule has 3 rings (SSSR count). The van der Waals surface area contributed by atoms with Gasteiger partial charge in [-0.1, -0.05) is 13.8 Å². The maximum atomic E-state index is 9.55. The van der Waals surface area contributed by atoms with Crippen molar-refractivity contribution in [2.45, 2.75) is 19.8 Å². The van der Waals surface area contributed by atoms with Gasteiger partial charge < -0.3 is 20.0 Å². The smallest absolute Gasteiger partial charge is 0.328 e. The molecule has 0 spiro atoms. The van der Waals surface area contributed by atoms with E-state index < -0.39 is 11.9 Å². The summed E-state index contributed by atoms with van der Waals surface area (Å²) in [6.45, 7) is 8.78. The summed E-state index contributed by atoms with van der Waals surface area (Å²) in [5.74, 6) is -0.926. The number of carboxylic acids is 2. The van der Waals surface area contributed by atoms with Crippen molar-refractivity contribution in [2.24, 2.45) is 0 Å². The number of aliphatic carboxylic acids is 2. The van der Waals surface area contributed by atoms with Gasteiger partial charge in [0.1, 0.15) is 5.82 Å². The van der Waals surface area contributed by atoms with Crippen molar-refractivity contribution in [1.29, 1.82) is 0 Å². The van der Waals surface area contributed by atoms with Gasteiger partial charge in [0.05, 0.1) is 0 Å². The van der Waals surface area contributed by atoms with E-state index >= 15 is 0 Å². The number of carboxylic acid groups (broad SMARTS) is 2. The number of anilines is 1. The average Bonchev–Trinajstić information content (AvgIpc) is 3.22. The van der Waals surface area contributed by atoms with Crippen LogP contribution in [0.1, 0.15) is 25.5 Å². The fourth-order valence-electron chi connectivity index (χ4n) is 2.77. The van der Waals surface area contributed by atoms with Crippen LogP contribution in [0.4, 0.5) is 5.82 Å². The van der Waals surface area contributed by atoms with Gasteiger partial charge in [-0.15, -0.1) is 0 Å². The van der Waals surface area contributed by atoms with Gasteiger partial charge in [0.2, 0.25) is 0 Å². The van der Waals surface area contributed by atoms with Crippen molar-refractivity contribution in [2.75, 3.05) is 38.1 Å². The van der Waals surface area contributed by atoms with E-state index in [4.69, 9.17) is 15.2 Å². The molecule has 0 bridgehead atoms. The molecule has 0 aromatic carbocycles. The maximum absolute atomic E-state index is 9.55. The fourth-order valence-corrected chi connectivity index (χ4v) is 3.43. The minimum atomic E-state index is -1.26. The molecule has 0 aliphatic carbocycles. The minimum absolute atomic E-state index is 0.454. The second-order valence-corrected chi connectivity index (χ2v) is 7.89. The van der Waals surface area contributed by atoms with Gasteiger partial charge >= 0.3 is 11.9 Å². The second kappa shape index (κ2) is 10.7. The van der Waals surface area contributed by atoms with Crippen molar-refractivity contribution in [1.82, 2.24) is 9.88 Å². The Bertz CT molecular complexity index is 826. The van der Waals surface area contributed by atoms with Crippen molar-refractivity contribution in [3.05, 3.63) is 46.8 Å². The Morgan fingerprint density at radius 3 is 2.17 bits per heavy atom. The summed E-state index contributed by atoms with van der Waals surface area (Å²) in [5, 5.41) is 20.0. The molecule has 0 saturated carbocycles. The zero-order valence-electron chi connectivity index (χ0n) is 16.9. The van der Waals surface area contributed by atoms with Gasteiger partial charge in [0.25, 0.3) is 0 Å². The molecule has 1 fully saturated rings.